The molecule has 1 fully saturated rings. The van der Waals surface area contributed by atoms with Gasteiger partial charge in [0.25, 0.3) is 0 Å². The van der Waals surface area contributed by atoms with Crippen LogP contribution >= 0.6 is 0 Å². The van der Waals surface area contributed by atoms with E-state index in [0.29, 0.717) is 5.92 Å². The van der Waals surface area contributed by atoms with Crippen molar-refractivity contribution in [2.24, 2.45) is 13.0 Å². The molecule has 3 rings (SSSR count). The molecule has 0 radical (unpaired) electrons. The maximum absolute atomic E-state index is 5.75. The summed E-state index contributed by atoms with van der Waals surface area (Å²) in [5.41, 5.74) is 0. The number of aromatic nitrogens is 4. The lowest BCUT2D eigenvalue weighted by molar-refractivity contribution is 0.131. The molecule has 1 saturated heterocycles. The van der Waals surface area contributed by atoms with Crippen molar-refractivity contribution in [2.45, 2.75) is 19.4 Å². The third-order valence-electron chi connectivity index (χ3n) is 3.98. The van der Waals surface area contributed by atoms with Crippen LogP contribution in [-0.4, -0.2) is 44.3 Å². The van der Waals surface area contributed by atoms with Crippen LogP contribution in [0.15, 0.2) is 30.7 Å². The van der Waals surface area contributed by atoms with Crippen molar-refractivity contribution in [3.8, 4) is 5.88 Å². The Hall–Kier alpha value is -1.95. The standard InChI is InChI=1S/C15H21N5O/c1-19-14(17-12-18-19)10-20-8-5-13(6-9-20)11-21-15-4-2-3-7-16-15/h2-4,7,12-13H,5-6,8-11H2,1H3. The molecule has 21 heavy (non-hydrogen) atoms. The van der Waals surface area contributed by atoms with Crippen LogP contribution in [-0.2, 0) is 13.6 Å². The van der Waals surface area contributed by atoms with Crippen molar-refractivity contribution in [3.05, 3.63) is 36.5 Å². The summed E-state index contributed by atoms with van der Waals surface area (Å²) in [5.74, 6) is 2.36. The number of ether oxygens (including phenoxy) is 1. The molecule has 0 saturated carbocycles. The molecule has 6 nitrogen and oxygen atoms in total. The van der Waals surface area contributed by atoms with Crippen molar-refractivity contribution < 1.29 is 4.74 Å². The molecule has 0 spiro atoms. The van der Waals surface area contributed by atoms with Crippen LogP contribution in [0.1, 0.15) is 18.7 Å². The van der Waals surface area contributed by atoms with Gasteiger partial charge in [-0.05, 0) is 37.9 Å². The zero-order chi connectivity index (χ0) is 14.5. The maximum atomic E-state index is 5.75. The summed E-state index contributed by atoms with van der Waals surface area (Å²) in [5, 5.41) is 4.11. The summed E-state index contributed by atoms with van der Waals surface area (Å²) in [6, 6.07) is 5.76. The molecule has 6 heteroatoms. The SMILES string of the molecule is Cn1ncnc1CN1CCC(COc2ccccn2)CC1. The first kappa shape index (κ1) is 14.0. The zero-order valence-electron chi connectivity index (χ0n) is 12.4. The summed E-state index contributed by atoms with van der Waals surface area (Å²) in [6.45, 7) is 3.81. The fraction of sp³-hybridized carbons (Fsp3) is 0.533. The molecule has 112 valence electrons. The van der Waals surface area contributed by atoms with Gasteiger partial charge in [-0.3, -0.25) is 9.58 Å². The fourth-order valence-electron chi connectivity index (χ4n) is 2.61. The second-order valence-corrected chi connectivity index (χ2v) is 5.50. The van der Waals surface area contributed by atoms with E-state index in [1.807, 2.05) is 29.9 Å². The first-order chi connectivity index (χ1) is 10.3. The molecule has 2 aromatic rings. The summed E-state index contributed by atoms with van der Waals surface area (Å²) in [7, 11) is 1.94. The second-order valence-electron chi connectivity index (χ2n) is 5.50. The molecule has 2 aromatic heterocycles. The molecule has 0 unspecified atom stereocenters. The summed E-state index contributed by atoms with van der Waals surface area (Å²) >= 11 is 0. The lowest BCUT2D eigenvalue weighted by Crippen LogP contribution is -2.35. The van der Waals surface area contributed by atoms with Crippen LogP contribution in [0.5, 0.6) is 5.88 Å². The van der Waals surface area contributed by atoms with E-state index in [0.717, 1.165) is 50.8 Å². The molecule has 1 aliphatic heterocycles. The van der Waals surface area contributed by atoms with Gasteiger partial charge in [0.15, 0.2) is 0 Å². The lowest BCUT2D eigenvalue weighted by atomic mass is 9.98. The van der Waals surface area contributed by atoms with Crippen molar-refractivity contribution in [1.82, 2.24) is 24.6 Å². The van der Waals surface area contributed by atoms with Crippen LogP contribution in [0.2, 0.25) is 0 Å². The number of piperidine rings is 1. The number of nitrogens with zero attached hydrogens (tertiary/aromatic N) is 5. The van der Waals surface area contributed by atoms with E-state index >= 15 is 0 Å². The number of hydrogen-bond donors (Lipinski definition) is 0. The quantitative estimate of drug-likeness (QED) is 0.834. The van der Waals surface area contributed by atoms with E-state index in [4.69, 9.17) is 4.74 Å². The third-order valence-corrected chi connectivity index (χ3v) is 3.98. The van der Waals surface area contributed by atoms with Gasteiger partial charge in [-0.25, -0.2) is 9.97 Å². The number of aryl methyl sites for hydroxylation is 1. The molecule has 3 heterocycles. The largest absolute Gasteiger partial charge is 0.477 e. The van der Waals surface area contributed by atoms with Gasteiger partial charge in [-0.15, -0.1) is 0 Å². The zero-order valence-corrected chi connectivity index (χ0v) is 12.4. The maximum Gasteiger partial charge on any atom is 0.213 e. The number of hydrogen-bond acceptors (Lipinski definition) is 5. The Kier molecular flexibility index (Phi) is 4.45. The van der Waals surface area contributed by atoms with Crippen molar-refractivity contribution in [3.63, 3.8) is 0 Å². The topological polar surface area (TPSA) is 56.1 Å². The van der Waals surface area contributed by atoms with E-state index in [9.17, 15) is 0 Å². The monoisotopic (exact) mass is 287 g/mol. The normalized spacial score (nSPS) is 17.0. The molecule has 0 N–H and O–H groups in total. The van der Waals surface area contributed by atoms with Crippen molar-refractivity contribution in [1.29, 1.82) is 0 Å². The minimum Gasteiger partial charge on any atom is -0.477 e. The Labute approximate surface area is 124 Å². The molecule has 0 bridgehead atoms. The Bertz CT molecular complexity index is 548. The molecular formula is C15H21N5O. The van der Waals surface area contributed by atoms with Gasteiger partial charge < -0.3 is 4.74 Å². The molecule has 0 aromatic carbocycles. The van der Waals surface area contributed by atoms with Crippen molar-refractivity contribution >= 4 is 0 Å². The van der Waals surface area contributed by atoms with Gasteiger partial charge in [0.05, 0.1) is 13.2 Å². The van der Waals surface area contributed by atoms with Crippen LogP contribution in [0, 0.1) is 5.92 Å². The number of likely N-dealkylation sites (tertiary alicyclic amines) is 1. The Balaban J connectivity index is 1.42. The Morgan fingerprint density at radius 2 is 2.10 bits per heavy atom. The minimum atomic E-state index is 0.614. The average molecular weight is 287 g/mol. The minimum absolute atomic E-state index is 0.614. The molecule has 0 atom stereocenters. The Morgan fingerprint density at radius 3 is 2.76 bits per heavy atom. The first-order valence-corrected chi connectivity index (χ1v) is 7.40. The van der Waals surface area contributed by atoms with Gasteiger partial charge in [-0.1, -0.05) is 6.07 Å². The van der Waals surface area contributed by atoms with Crippen LogP contribution < -0.4 is 4.74 Å². The van der Waals surface area contributed by atoms with Gasteiger partial charge in [-0.2, -0.15) is 5.10 Å². The van der Waals surface area contributed by atoms with E-state index in [2.05, 4.69) is 20.0 Å². The predicted octanol–water partition coefficient (Wildman–Crippen LogP) is 1.50. The van der Waals surface area contributed by atoms with E-state index in [-0.39, 0.29) is 0 Å². The number of pyridine rings is 1. The van der Waals surface area contributed by atoms with Crippen LogP contribution in [0.3, 0.4) is 0 Å². The average Bonchev–Trinajstić information content (AvgIpc) is 2.93. The van der Waals surface area contributed by atoms with E-state index < -0.39 is 0 Å². The smallest absolute Gasteiger partial charge is 0.213 e. The summed E-state index contributed by atoms with van der Waals surface area (Å²) < 4.78 is 7.59. The van der Waals surface area contributed by atoms with Gasteiger partial charge >= 0.3 is 0 Å². The molecule has 0 amide bonds. The van der Waals surface area contributed by atoms with Gasteiger partial charge in [0, 0.05) is 19.3 Å². The molecule has 0 aliphatic carbocycles. The molecule has 1 aliphatic rings. The highest BCUT2D eigenvalue weighted by Crippen LogP contribution is 2.19. The highest BCUT2D eigenvalue weighted by atomic mass is 16.5. The van der Waals surface area contributed by atoms with Gasteiger partial charge in [0.2, 0.25) is 5.88 Å². The Morgan fingerprint density at radius 1 is 1.24 bits per heavy atom. The number of rotatable bonds is 5. The fourth-order valence-corrected chi connectivity index (χ4v) is 2.61. The van der Waals surface area contributed by atoms with Crippen LogP contribution in [0.25, 0.3) is 0 Å². The summed E-state index contributed by atoms with van der Waals surface area (Å²) in [4.78, 5) is 10.9. The second kappa shape index (κ2) is 6.67. The third kappa shape index (κ3) is 3.78. The van der Waals surface area contributed by atoms with Crippen LogP contribution in [0.4, 0.5) is 0 Å². The predicted molar refractivity (Wildman–Crippen MR) is 78.7 cm³/mol. The highest BCUT2D eigenvalue weighted by Gasteiger charge is 2.21. The van der Waals surface area contributed by atoms with Crippen molar-refractivity contribution in [2.75, 3.05) is 19.7 Å². The van der Waals surface area contributed by atoms with E-state index in [1.165, 1.54) is 0 Å². The van der Waals surface area contributed by atoms with E-state index in [1.54, 1.807) is 12.5 Å². The lowest BCUT2D eigenvalue weighted by Gasteiger charge is -2.31. The summed E-state index contributed by atoms with van der Waals surface area (Å²) in [6.07, 6.45) is 5.69. The van der Waals surface area contributed by atoms with Gasteiger partial charge in [0.1, 0.15) is 12.2 Å². The highest BCUT2D eigenvalue weighted by molar-refractivity contribution is 5.09. The molecular weight excluding hydrogens is 266 g/mol. The first-order valence-electron chi connectivity index (χ1n) is 7.40.